The summed E-state index contributed by atoms with van der Waals surface area (Å²) >= 11 is 0. The van der Waals surface area contributed by atoms with Gasteiger partial charge in [-0.1, -0.05) is 0 Å². The van der Waals surface area contributed by atoms with Gasteiger partial charge in [-0.15, -0.1) is 0 Å². The Morgan fingerprint density at radius 1 is 1.46 bits per heavy atom. The zero-order valence-electron chi connectivity index (χ0n) is 7.65. The number of carboxylic acid groups (broad SMARTS) is 1. The van der Waals surface area contributed by atoms with Crippen LogP contribution in [0.2, 0.25) is 0 Å². The second-order valence-corrected chi connectivity index (χ2v) is 2.73. The number of carboxylic acids is 1. The maximum atomic E-state index is 12.9. The van der Waals surface area contributed by atoms with Crippen LogP contribution in [0, 0.1) is 0 Å². The normalized spacial score (nSPS) is 18.3. The second kappa shape index (κ2) is 4.50. The minimum atomic E-state index is -2.46. The standard InChI is InChI=1S/C7H13FO5/c1-7(11,4(8)5(9)10)6(12-2)13-3/h4,6,11H,1-3H3,(H,9,10). The largest absolute Gasteiger partial charge is 0.479 e. The van der Waals surface area contributed by atoms with E-state index in [2.05, 4.69) is 9.47 Å². The van der Waals surface area contributed by atoms with Crippen molar-refractivity contribution in [2.75, 3.05) is 14.2 Å². The molecule has 2 atom stereocenters. The van der Waals surface area contributed by atoms with Crippen LogP contribution in [0.25, 0.3) is 0 Å². The molecule has 0 radical (unpaired) electrons. The predicted octanol–water partition coefficient (Wildman–Crippen LogP) is -0.221. The van der Waals surface area contributed by atoms with Gasteiger partial charge in [0.05, 0.1) is 0 Å². The van der Waals surface area contributed by atoms with E-state index < -0.39 is 24.0 Å². The number of hydrogen-bond acceptors (Lipinski definition) is 4. The van der Waals surface area contributed by atoms with Crippen molar-refractivity contribution >= 4 is 5.97 Å². The van der Waals surface area contributed by atoms with Crippen molar-refractivity contribution in [3.05, 3.63) is 0 Å². The average molecular weight is 196 g/mol. The van der Waals surface area contributed by atoms with Crippen LogP contribution < -0.4 is 0 Å². The summed E-state index contributed by atoms with van der Waals surface area (Å²) in [6, 6.07) is 0. The first kappa shape index (κ1) is 12.3. The van der Waals surface area contributed by atoms with E-state index in [4.69, 9.17) is 5.11 Å². The summed E-state index contributed by atoms with van der Waals surface area (Å²) in [7, 11) is 2.36. The quantitative estimate of drug-likeness (QED) is 0.594. The number of aliphatic carboxylic acids is 1. The van der Waals surface area contributed by atoms with Crippen molar-refractivity contribution in [1.82, 2.24) is 0 Å². The minimum absolute atomic E-state index is 0.990. The van der Waals surface area contributed by atoms with E-state index >= 15 is 0 Å². The summed E-state index contributed by atoms with van der Waals surface area (Å²) in [6.45, 7) is 0.990. The van der Waals surface area contributed by atoms with Crippen molar-refractivity contribution < 1.29 is 28.9 Å². The molecule has 0 saturated heterocycles. The molecule has 0 spiro atoms. The molecule has 13 heavy (non-hydrogen) atoms. The maximum Gasteiger partial charge on any atom is 0.341 e. The molecule has 0 fully saturated rings. The molecule has 0 saturated carbocycles. The Bertz CT molecular complexity index is 178. The molecule has 0 heterocycles. The van der Waals surface area contributed by atoms with Crippen LogP contribution in [-0.4, -0.2) is 48.5 Å². The molecule has 2 N–H and O–H groups in total. The van der Waals surface area contributed by atoms with Crippen molar-refractivity contribution in [3.8, 4) is 0 Å². The third kappa shape index (κ3) is 2.61. The van der Waals surface area contributed by atoms with E-state index in [1.807, 2.05) is 0 Å². The first-order valence-corrected chi connectivity index (χ1v) is 3.52. The minimum Gasteiger partial charge on any atom is -0.479 e. The van der Waals surface area contributed by atoms with E-state index in [-0.39, 0.29) is 0 Å². The summed E-state index contributed by atoms with van der Waals surface area (Å²) in [6.07, 6.45) is -3.78. The summed E-state index contributed by atoms with van der Waals surface area (Å²) < 4.78 is 22.0. The SMILES string of the molecule is COC(OC)C(C)(O)C(F)C(=O)O. The van der Waals surface area contributed by atoms with Gasteiger partial charge in [-0.2, -0.15) is 0 Å². The highest BCUT2D eigenvalue weighted by Crippen LogP contribution is 2.21. The predicted molar refractivity (Wildman–Crippen MR) is 41.0 cm³/mol. The number of halogens is 1. The summed E-state index contributed by atoms with van der Waals surface area (Å²) in [4.78, 5) is 10.2. The van der Waals surface area contributed by atoms with Crippen molar-refractivity contribution in [2.24, 2.45) is 0 Å². The molecule has 0 aliphatic carbocycles. The number of carbonyl (C=O) groups is 1. The highest BCUT2D eigenvalue weighted by Gasteiger charge is 2.45. The van der Waals surface area contributed by atoms with E-state index in [0.717, 1.165) is 6.92 Å². The molecule has 0 aliphatic heterocycles. The number of hydrogen-bond donors (Lipinski definition) is 2. The van der Waals surface area contributed by atoms with Crippen molar-refractivity contribution in [1.29, 1.82) is 0 Å². The van der Waals surface area contributed by atoms with Gasteiger partial charge in [0, 0.05) is 14.2 Å². The Hall–Kier alpha value is -0.720. The van der Waals surface area contributed by atoms with Gasteiger partial charge in [-0.25, -0.2) is 9.18 Å². The second-order valence-electron chi connectivity index (χ2n) is 2.73. The first-order valence-electron chi connectivity index (χ1n) is 3.52. The smallest absolute Gasteiger partial charge is 0.341 e. The zero-order valence-corrected chi connectivity index (χ0v) is 7.65. The lowest BCUT2D eigenvalue weighted by Gasteiger charge is -2.31. The Morgan fingerprint density at radius 2 is 1.85 bits per heavy atom. The van der Waals surface area contributed by atoms with Crippen LogP contribution in [0.15, 0.2) is 0 Å². The fourth-order valence-electron chi connectivity index (χ4n) is 0.943. The first-order chi connectivity index (χ1) is 5.87. The van der Waals surface area contributed by atoms with Gasteiger partial charge >= 0.3 is 5.97 Å². The van der Waals surface area contributed by atoms with Gasteiger partial charge in [-0.05, 0) is 6.92 Å². The van der Waals surface area contributed by atoms with Gasteiger partial charge in [0.2, 0.25) is 6.17 Å². The third-order valence-electron chi connectivity index (χ3n) is 1.64. The number of aliphatic hydroxyl groups is 1. The zero-order chi connectivity index (χ0) is 10.6. The van der Waals surface area contributed by atoms with Gasteiger partial charge < -0.3 is 19.7 Å². The molecular weight excluding hydrogens is 183 g/mol. The van der Waals surface area contributed by atoms with Crippen LogP contribution in [0.5, 0.6) is 0 Å². The van der Waals surface area contributed by atoms with Gasteiger partial charge in [0.1, 0.15) is 0 Å². The molecule has 0 aliphatic rings. The topological polar surface area (TPSA) is 76.0 Å². The summed E-state index contributed by atoms with van der Waals surface area (Å²) in [5.41, 5.74) is -2.21. The molecule has 0 aromatic heterocycles. The van der Waals surface area contributed by atoms with E-state index in [1.54, 1.807) is 0 Å². The fraction of sp³-hybridized carbons (Fsp3) is 0.857. The van der Waals surface area contributed by atoms with Crippen molar-refractivity contribution in [3.63, 3.8) is 0 Å². The summed E-state index contributed by atoms with van der Waals surface area (Å²) in [5.74, 6) is -1.76. The highest BCUT2D eigenvalue weighted by molar-refractivity contribution is 5.73. The van der Waals surface area contributed by atoms with Gasteiger partial charge in [-0.3, -0.25) is 0 Å². The average Bonchev–Trinajstić information content (AvgIpc) is 2.04. The molecule has 0 aromatic carbocycles. The van der Waals surface area contributed by atoms with Crippen LogP contribution in [0.3, 0.4) is 0 Å². The molecule has 0 amide bonds. The highest BCUT2D eigenvalue weighted by atomic mass is 19.1. The monoisotopic (exact) mass is 196 g/mol. The van der Waals surface area contributed by atoms with Crippen molar-refractivity contribution in [2.45, 2.75) is 25.0 Å². The van der Waals surface area contributed by atoms with Crippen LogP contribution in [-0.2, 0) is 14.3 Å². The van der Waals surface area contributed by atoms with E-state index in [9.17, 15) is 14.3 Å². The number of alkyl halides is 1. The third-order valence-corrected chi connectivity index (χ3v) is 1.64. The van der Waals surface area contributed by atoms with Gasteiger partial charge in [0.25, 0.3) is 0 Å². The Balaban J connectivity index is 4.60. The summed E-state index contributed by atoms with van der Waals surface area (Å²) in [5, 5.41) is 17.7. The Kier molecular flexibility index (Phi) is 4.25. The number of ether oxygens (including phenoxy) is 2. The molecule has 2 unspecified atom stereocenters. The lowest BCUT2D eigenvalue weighted by atomic mass is 10.00. The van der Waals surface area contributed by atoms with Crippen LogP contribution in [0.4, 0.5) is 4.39 Å². The van der Waals surface area contributed by atoms with Crippen LogP contribution >= 0.6 is 0 Å². The fourth-order valence-corrected chi connectivity index (χ4v) is 0.943. The molecule has 0 bridgehead atoms. The lowest BCUT2D eigenvalue weighted by Crippen LogP contribution is -2.52. The molecule has 0 aromatic rings. The molecule has 78 valence electrons. The lowest BCUT2D eigenvalue weighted by molar-refractivity contribution is -0.231. The molecule has 0 rings (SSSR count). The van der Waals surface area contributed by atoms with Crippen LogP contribution in [0.1, 0.15) is 6.92 Å². The number of methoxy groups -OCH3 is 2. The number of rotatable bonds is 5. The Morgan fingerprint density at radius 3 is 2.08 bits per heavy atom. The van der Waals surface area contributed by atoms with Gasteiger partial charge in [0.15, 0.2) is 11.9 Å². The van der Waals surface area contributed by atoms with E-state index in [0.29, 0.717) is 0 Å². The molecule has 5 nitrogen and oxygen atoms in total. The van der Waals surface area contributed by atoms with E-state index in [1.165, 1.54) is 14.2 Å². The molecule has 6 heteroatoms. The maximum absolute atomic E-state index is 12.9. The Labute approximate surface area is 75.1 Å². The molecular formula is C7H13FO5.